The Bertz CT molecular complexity index is 755. The summed E-state index contributed by atoms with van der Waals surface area (Å²) in [4.78, 5) is 22.0. The van der Waals surface area contributed by atoms with Gasteiger partial charge in [0.1, 0.15) is 0 Å². The molecule has 1 N–H and O–H groups in total. The van der Waals surface area contributed by atoms with E-state index in [9.17, 15) is 9.90 Å². The summed E-state index contributed by atoms with van der Waals surface area (Å²) >= 11 is 0. The Kier molecular flexibility index (Phi) is 5.83. The van der Waals surface area contributed by atoms with Crippen molar-refractivity contribution in [3.63, 3.8) is 0 Å². The molecule has 2 atom stereocenters. The number of benzene rings is 1. The van der Waals surface area contributed by atoms with E-state index < -0.39 is 0 Å². The second kappa shape index (κ2) is 8.67. The highest BCUT2D eigenvalue weighted by molar-refractivity contribution is 5.82. The van der Waals surface area contributed by atoms with Gasteiger partial charge >= 0.3 is 0 Å². The molecule has 3 aliphatic heterocycles. The van der Waals surface area contributed by atoms with Crippen molar-refractivity contribution < 1.29 is 9.90 Å². The van der Waals surface area contributed by atoms with E-state index in [0.29, 0.717) is 6.54 Å². The Balaban J connectivity index is 1.37. The van der Waals surface area contributed by atoms with Crippen molar-refractivity contribution in [2.24, 2.45) is 16.0 Å². The molecule has 1 aromatic carbocycles. The fourth-order valence-electron chi connectivity index (χ4n) is 4.19. The van der Waals surface area contributed by atoms with E-state index in [4.69, 9.17) is 0 Å². The average molecular weight is 381 g/mol. The third-order valence-electron chi connectivity index (χ3n) is 5.68. The molecule has 1 fully saturated rings. The smallest absolute Gasteiger partial charge is 0.246 e. The summed E-state index contributed by atoms with van der Waals surface area (Å²) in [5.74, 6) is 0.119. The Morgan fingerprint density at radius 3 is 2.71 bits per heavy atom. The Labute approximate surface area is 165 Å². The number of likely N-dealkylation sites (tertiary alicyclic amines) is 1. The second-order valence-electron chi connectivity index (χ2n) is 7.40. The maximum atomic E-state index is 13.1. The zero-order valence-corrected chi connectivity index (χ0v) is 16.0. The van der Waals surface area contributed by atoms with Crippen LogP contribution in [0.2, 0.25) is 0 Å². The zero-order chi connectivity index (χ0) is 19.3. The maximum absolute atomic E-state index is 13.1. The van der Waals surface area contributed by atoms with Crippen LogP contribution >= 0.6 is 0 Å². The van der Waals surface area contributed by atoms with Crippen molar-refractivity contribution in [2.45, 2.75) is 31.6 Å². The van der Waals surface area contributed by atoms with Crippen LogP contribution in [0.5, 0.6) is 0 Å². The second-order valence-corrected chi connectivity index (χ2v) is 7.40. The molecule has 1 unspecified atom stereocenters. The summed E-state index contributed by atoms with van der Waals surface area (Å²) in [5.41, 5.74) is 1.13. The van der Waals surface area contributed by atoms with Crippen molar-refractivity contribution in [1.29, 1.82) is 0 Å². The number of piperidine rings is 1. The van der Waals surface area contributed by atoms with Gasteiger partial charge in [-0.2, -0.15) is 5.10 Å². The highest BCUT2D eigenvalue weighted by atomic mass is 16.3. The Hall–Kier alpha value is -2.51. The first kappa shape index (κ1) is 18.8. The normalized spacial score (nSPS) is 25.6. The molecule has 3 heterocycles. The fourth-order valence-corrected chi connectivity index (χ4v) is 4.19. The predicted octanol–water partition coefficient (Wildman–Crippen LogP) is 1.83. The highest BCUT2D eigenvalue weighted by Crippen LogP contribution is 2.32. The van der Waals surface area contributed by atoms with Gasteiger partial charge in [-0.05, 0) is 24.5 Å². The van der Waals surface area contributed by atoms with Crippen LogP contribution in [0.15, 0.2) is 52.7 Å². The van der Waals surface area contributed by atoms with Gasteiger partial charge in [0.05, 0.1) is 12.6 Å². The molecule has 7 heteroatoms. The first-order chi connectivity index (χ1) is 13.8. The van der Waals surface area contributed by atoms with E-state index in [1.54, 1.807) is 11.2 Å². The van der Waals surface area contributed by atoms with Crippen molar-refractivity contribution in [1.82, 2.24) is 14.8 Å². The molecule has 0 saturated carbocycles. The van der Waals surface area contributed by atoms with Gasteiger partial charge in [0, 0.05) is 50.6 Å². The third kappa shape index (κ3) is 3.86. The molecule has 1 saturated heterocycles. The molecule has 1 aromatic rings. The van der Waals surface area contributed by atoms with Gasteiger partial charge in [0.2, 0.25) is 5.91 Å². The van der Waals surface area contributed by atoms with Gasteiger partial charge in [-0.15, -0.1) is 0 Å². The van der Waals surface area contributed by atoms with Gasteiger partial charge in [0.25, 0.3) is 0 Å². The lowest BCUT2D eigenvalue weighted by Gasteiger charge is -2.41. The van der Waals surface area contributed by atoms with Gasteiger partial charge in [0.15, 0.2) is 6.29 Å². The lowest BCUT2D eigenvalue weighted by Crippen LogP contribution is -2.51. The number of hydrogen-bond donors (Lipinski definition) is 1. The minimum Gasteiger partial charge on any atom is -0.395 e. The quantitative estimate of drug-likeness (QED) is 0.845. The van der Waals surface area contributed by atoms with E-state index in [0.717, 1.165) is 37.9 Å². The maximum Gasteiger partial charge on any atom is 0.246 e. The molecule has 1 amide bonds. The number of carbonyl (C=O) groups excluding carboxylic acids is 1. The van der Waals surface area contributed by atoms with Crippen molar-refractivity contribution in [3.8, 4) is 0 Å². The topological polar surface area (TPSA) is 71.7 Å². The largest absolute Gasteiger partial charge is 0.395 e. The highest BCUT2D eigenvalue weighted by Gasteiger charge is 2.36. The first-order valence-electron chi connectivity index (χ1n) is 9.99. The SMILES string of the molecule is O=C(C1CCN([C@@H]2N=CC=CN2CCO)CC1)N1N=CCC1c1ccccc1. The minimum absolute atomic E-state index is 0.00730. The van der Waals surface area contributed by atoms with E-state index in [-0.39, 0.29) is 30.8 Å². The van der Waals surface area contributed by atoms with Crippen LogP contribution in [0, 0.1) is 5.92 Å². The number of amides is 1. The molecule has 0 bridgehead atoms. The van der Waals surface area contributed by atoms with E-state index in [1.807, 2.05) is 41.6 Å². The number of carbonyl (C=O) groups is 1. The molecular formula is C21H27N5O2. The number of hydrogen-bond acceptors (Lipinski definition) is 6. The molecule has 0 aromatic heterocycles. The third-order valence-corrected chi connectivity index (χ3v) is 5.68. The fraction of sp³-hybridized carbons (Fsp3) is 0.476. The standard InChI is InChI=1S/C21H27N5O2/c27-16-15-24-12-4-10-22-21(24)25-13-8-18(9-14-25)20(28)26-19(7-11-23-26)17-5-2-1-3-6-17/h1-6,10-12,18-19,21,27H,7-9,13-16H2/t19?,21-/m1/s1. The number of hydrazone groups is 1. The molecule has 0 spiro atoms. The Morgan fingerprint density at radius 2 is 1.96 bits per heavy atom. The summed E-state index contributed by atoms with van der Waals surface area (Å²) in [6, 6.07) is 10.1. The molecule has 4 rings (SSSR count). The van der Waals surface area contributed by atoms with Crippen LogP contribution in [0.4, 0.5) is 0 Å². The lowest BCUT2D eigenvalue weighted by atomic mass is 9.94. The number of aliphatic hydroxyl groups is 1. The summed E-state index contributed by atoms with van der Waals surface area (Å²) < 4.78 is 0. The number of allylic oxidation sites excluding steroid dienone is 1. The summed E-state index contributed by atoms with van der Waals surface area (Å²) in [7, 11) is 0. The average Bonchev–Trinajstić information content (AvgIpc) is 3.25. The Morgan fingerprint density at radius 1 is 1.18 bits per heavy atom. The monoisotopic (exact) mass is 381 g/mol. The van der Waals surface area contributed by atoms with Crippen molar-refractivity contribution >= 4 is 18.3 Å². The van der Waals surface area contributed by atoms with E-state index in [1.165, 1.54) is 0 Å². The van der Waals surface area contributed by atoms with E-state index in [2.05, 4.69) is 27.1 Å². The van der Waals surface area contributed by atoms with Crippen LogP contribution < -0.4 is 0 Å². The van der Waals surface area contributed by atoms with Gasteiger partial charge in [-0.25, -0.2) is 5.01 Å². The molecule has 28 heavy (non-hydrogen) atoms. The summed E-state index contributed by atoms with van der Waals surface area (Å²) in [6.45, 7) is 2.27. The molecule has 7 nitrogen and oxygen atoms in total. The summed E-state index contributed by atoms with van der Waals surface area (Å²) in [6.07, 6.45) is 9.79. The lowest BCUT2D eigenvalue weighted by molar-refractivity contribution is -0.139. The van der Waals surface area contributed by atoms with E-state index >= 15 is 0 Å². The van der Waals surface area contributed by atoms with Crippen LogP contribution in [0.1, 0.15) is 30.9 Å². The molecule has 148 valence electrons. The molecule has 0 radical (unpaired) electrons. The van der Waals surface area contributed by atoms with Gasteiger partial charge in [-0.1, -0.05) is 30.3 Å². The van der Waals surface area contributed by atoms with Crippen molar-refractivity contribution in [3.05, 3.63) is 48.2 Å². The number of nitrogens with zero attached hydrogens (tertiary/aromatic N) is 5. The minimum atomic E-state index is -0.0879. The molecule has 3 aliphatic rings. The number of aliphatic imine (C=N–C) groups is 1. The van der Waals surface area contributed by atoms with Crippen LogP contribution in [-0.4, -0.2) is 70.8 Å². The first-order valence-corrected chi connectivity index (χ1v) is 9.99. The van der Waals surface area contributed by atoms with Gasteiger partial charge in [-0.3, -0.25) is 14.7 Å². The molecular weight excluding hydrogens is 354 g/mol. The van der Waals surface area contributed by atoms with Crippen LogP contribution in [-0.2, 0) is 4.79 Å². The zero-order valence-electron chi connectivity index (χ0n) is 16.0. The van der Waals surface area contributed by atoms with Crippen molar-refractivity contribution in [2.75, 3.05) is 26.2 Å². The predicted molar refractivity (Wildman–Crippen MR) is 109 cm³/mol. The number of aliphatic hydroxyl groups excluding tert-OH is 1. The summed E-state index contributed by atoms with van der Waals surface area (Å²) in [5, 5.41) is 15.4. The number of β-amino-alcohol motifs (C(OH)–C–C–N with tert-alkyl or cyclic N) is 1. The van der Waals surface area contributed by atoms with Crippen LogP contribution in [0.3, 0.4) is 0 Å². The molecule has 0 aliphatic carbocycles. The van der Waals surface area contributed by atoms with Crippen LogP contribution in [0.25, 0.3) is 0 Å². The number of rotatable bonds is 5. The van der Waals surface area contributed by atoms with Gasteiger partial charge < -0.3 is 10.0 Å².